The van der Waals surface area contributed by atoms with Crippen molar-refractivity contribution in [1.82, 2.24) is 10.2 Å². The van der Waals surface area contributed by atoms with E-state index in [1.54, 1.807) is 0 Å². The number of nitrogens with one attached hydrogen (secondary N) is 1. The smallest absolute Gasteiger partial charge is 0.237 e. The molecule has 3 N–H and O–H groups in total. The lowest BCUT2D eigenvalue weighted by atomic mass is 10.2. The van der Waals surface area contributed by atoms with Crippen LogP contribution in [0.25, 0.3) is 0 Å². The number of carbonyl (C=O) groups excluding carboxylic acids is 1. The van der Waals surface area contributed by atoms with Crippen LogP contribution in [0, 0.1) is 0 Å². The van der Waals surface area contributed by atoms with E-state index in [2.05, 4.69) is 24.1 Å². The van der Waals surface area contributed by atoms with Crippen molar-refractivity contribution in [1.29, 1.82) is 0 Å². The Balaban J connectivity index is 4.27. The molecule has 4 nitrogen and oxygen atoms in total. The van der Waals surface area contributed by atoms with Gasteiger partial charge in [0.15, 0.2) is 0 Å². The third-order valence-electron chi connectivity index (χ3n) is 2.51. The highest BCUT2D eigenvalue weighted by Crippen LogP contribution is 2.06. The summed E-state index contributed by atoms with van der Waals surface area (Å²) < 4.78 is 0. The lowest BCUT2D eigenvalue weighted by Gasteiger charge is -2.31. The van der Waals surface area contributed by atoms with Crippen molar-refractivity contribution in [2.24, 2.45) is 5.73 Å². The fraction of sp³-hybridized carbons (Fsp3) is 0.909. The SMILES string of the molecule is CCNC(=O)C(C)N(CCCN)C(C)C. The fourth-order valence-corrected chi connectivity index (χ4v) is 1.65. The molecule has 0 aromatic rings. The molecule has 0 aliphatic heterocycles. The predicted octanol–water partition coefficient (Wildman–Crippen LogP) is 0.570. The van der Waals surface area contributed by atoms with Crippen LogP contribution < -0.4 is 11.1 Å². The first-order valence-electron chi connectivity index (χ1n) is 5.78. The zero-order valence-electron chi connectivity index (χ0n) is 10.4. The number of nitrogens with zero attached hydrogens (tertiary/aromatic N) is 1. The summed E-state index contributed by atoms with van der Waals surface area (Å²) in [6.45, 7) is 10.3. The van der Waals surface area contributed by atoms with Crippen molar-refractivity contribution < 1.29 is 4.79 Å². The average molecular weight is 215 g/mol. The van der Waals surface area contributed by atoms with E-state index in [0.29, 0.717) is 19.1 Å². The van der Waals surface area contributed by atoms with Crippen molar-refractivity contribution in [3.05, 3.63) is 0 Å². The van der Waals surface area contributed by atoms with Gasteiger partial charge in [0, 0.05) is 19.1 Å². The van der Waals surface area contributed by atoms with Crippen LogP contribution in [0.1, 0.15) is 34.1 Å². The molecule has 0 aromatic heterocycles. The van der Waals surface area contributed by atoms with Gasteiger partial charge < -0.3 is 11.1 Å². The van der Waals surface area contributed by atoms with Crippen LogP contribution in [0.4, 0.5) is 0 Å². The molecule has 90 valence electrons. The monoisotopic (exact) mass is 215 g/mol. The molecule has 0 fully saturated rings. The van der Waals surface area contributed by atoms with E-state index in [1.807, 2.05) is 13.8 Å². The molecule has 0 rings (SSSR count). The van der Waals surface area contributed by atoms with Gasteiger partial charge >= 0.3 is 0 Å². The molecule has 1 unspecified atom stereocenters. The Morgan fingerprint density at radius 1 is 1.40 bits per heavy atom. The van der Waals surface area contributed by atoms with Gasteiger partial charge in [-0.25, -0.2) is 0 Å². The zero-order chi connectivity index (χ0) is 11.8. The molecule has 15 heavy (non-hydrogen) atoms. The minimum atomic E-state index is -0.0727. The lowest BCUT2D eigenvalue weighted by Crippen LogP contribution is -2.48. The molecule has 0 heterocycles. The Bertz CT molecular complexity index is 183. The van der Waals surface area contributed by atoms with E-state index in [-0.39, 0.29) is 11.9 Å². The van der Waals surface area contributed by atoms with E-state index in [9.17, 15) is 4.79 Å². The molecular weight excluding hydrogens is 190 g/mol. The number of hydrogen-bond acceptors (Lipinski definition) is 3. The molecule has 0 aromatic carbocycles. The Labute approximate surface area is 93.2 Å². The zero-order valence-corrected chi connectivity index (χ0v) is 10.4. The van der Waals surface area contributed by atoms with Gasteiger partial charge in [0.25, 0.3) is 0 Å². The van der Waals surface area contributed by atoms with Crippen LogP contribution in [0.3, 0.4) is 0 Å². The second-order valence-electron chi connectivity index (χ2n) is 4.04. The van der Waals surface area contributed by atoms with Gasteiger partial charge in [0.1, 0.15) is 0 Å². The third-order valence-corrected chi connectivity index (χ3v) is 2.51. The lowest BCUT2D eigenvalue weighted by molar-refractivity contribution is -0.126. The Hall–Kier alpha value is -0.610. The van der Waals surface area contributed by atoms with Crippen LogP contribution in [0.2, 0.25) is 0 Å². The third kappa shape index (κ3) is 5.14. The highest BCUT2D eigenvalue weighted by atomic mass is 16.2. The highest BCUT2D eigenvalue weighted by Gasteiger charge is 2.22. The average Bonchev–Trinajstić information content (AvgIpc) is 2.18. The number of nitrogens with two attached hydrogens (primary N) is 1. The molecule has 1 amide bonds. The first-order chi connectivity index (χ1) is 7.04. The van der Waals surface area contributed by atoms with Crippen molar-refractivity contribution >= 4 is 5.91 Å². The molecule has 0 bridgehead atoms. The molecule has 4 heteroatoms. The molecule has 0 saturated heterocycles. The number of rotatable bonds is 7. The maximum atomic E-state index is 11.7. The summed E-state index contributed by atoms with van der Waals surface area (Å²) in [6.07, 6.45) is 0.932. The number of hydrogen-bond donors (Lipinski definition) is 2. The van der Waals surface area contributed by atoms with Gasteiger partial charge in [-0.15, -0.1) is 0 Å². The number of carbonyl (C=O) groups is 1. The van der Waals surface area contributed by atoms with Gasteiger partial charge in [-0.1, -0.05) is 0 Å². The fourth-order valence-electron chi connectivity index (χ4n) is 1.65. The number of likely N-dealkylation sites (N-methyl/N-ethyl adjacent to an activating group) is 1. The summed E-state index contributed by atoms with van der Waals surface area (Å²) in [6, 6.07) is 0.297. The number of amides is 1. The van der Waals surface area contributed by atoms with Gasteiger partial charge in [0.05, 0.1) is 6.04 Å². The molecule has 0 spiro atoms. The van der Waals surface area contributed by atoms with Gasteiger partial charge in [0.2, 0.25) is 5.91 Å². The summed E-state index contributed by atoms with van der Waals surface area (Å²) in [7, 11) is 0. The van der Waals surface area contributed by atoms with E-state index >= 15 is 0 Å². The summed E-state index contributed by atoms with van der Waals surface area (Å²) >= 11 is 0. The largest absolute Gasteiger partial charge is 0.355 e. The second-order valence-corrected chi connectivity index (χ2v) is 4.04. The minimum absolute atomic E-state index is 0.0727. The van der Waals surface area contributed by atoms with Crippen molar-refractivity contribution in [3.63, 3.8) is 0 Å². The molecule has 0 saturated carbocycles. The van der Waals surface area contributed by atoms with E-state index < -0.39 is 0 Å². The van der Waals surface area contributed by atoms with Crippen molar-refractivity contribution in [2.75, 3.05) is 19.6 Å². The Morgan fingerprint density at radius 3 is 2.40 bits per heavy atom. The van der Waals surface area contributed by atoms with Crippen LogP contribution >= 0.6 is 0 Å². The molecule has 0 radical (unpaired) electrons. The first kappa shape index (κ1) is 14.4. The Morgan fingerprint density at radius 2 is 2.00 bits per heavy atom. The summed E-state index contributed by atoms with van der Waals surface area (Å²) in [5.74, 6) is 0.100. The molecule has 0 aliphatic carbocycles. The van der Waals surface area contributed by atoms with Gasteiger partial charge in [-0.2, -0.15) is 0 Å². The molecule has 1 atom stereocenters. The van der Waals surface area contributed by atoms with Gasteiger partial charge in [-0.05, 0) is 40.7 Å². The topological polar surface area (TPSA) is 58.4 Å². The second kappa shape index (κ2) is 7.65. The normalized spacial score (nSPS) is 13.3. The van der Waals surface area contributed by atoms with Crippen LogP contribution in [-0.4, -0.2) is 42.5 Å². The van der Waals surface area contributed by atoms with Crippen LogP contribution in [0.5, 0.6) is 0 Å². The minimum Gasteiger partial charge on any atom is -0.355 e. The first-order valence-corrected chi connectivity index (χ1v) is 5.78. The molecule has 0 aliphatic rings. The van der Waals surface area contributed by atoms with Gasteiger partial charge in [-0.3, -0.25) is 9.69 Å². The van der Waals surface area contributed by atoms with Crippen LogP contribution in [-0.2, 0) is 4.79 Å². The highest BCUT2D eigenvalue weighted by molar-refractivity contribution is 5.81. The van der Waals surface area contributed by atoms with E-state index in [1.165, 1.54) is 0 Å². The van der Waals surface area contributed by atoms with Crippen molar-refractivity contribution in [2.45, 2.75) is 46.2 Å². The quantitative estimate of drug-likeness (QED) is 0.653. The maximum absolute atomic E-state index is 11.7. The van der Waals surface area contributed by atoms with E-state index in [0.717, 1.165) is 13.0 Å². The van der Waals surface area contributed by atoms with Crippen LogP contribution in [0.15, 0.2) is 0 Å². The van der Waals surface area contributed by atoms with E-state index in [4.69, 9.17) is 5.73 Å². The summed E-state index contributed by atoms with van der Waals surface area (Å²) in [4.78, 5) is 13.8. The summed E-state index contributed by atoms with van der Waals surface area (Å²) in [5, 5.41) is 2.85. The standard InChI is InChI=1S/C11H25N3O/c1-5-13-11(15)10(4)14(9(2)3)8-6-7-12/h9-10H,5-8,12H2,1-4H3,(H,13,15). The molecular formula is C11H25N3O. The van der Waals surface area contributed by atoms with Crippen molar-refractivity contribution in [3.8, 4) is 0 Å². The Kier molecular flexibility index (Phi) is 7.34. The predicted molar refractivity (Wildman–Crippen MR) is 63.7 cm³/mol. The summed E-state index contributed by atoms with van der Waals surface area (Å²) in [5.41, 5.74) is 5.48. The maximum Gasteiger partial charge on any atom is 0.237 e.